The summed E-state index contributed by atoms with van der Waals surface area (Å²) in [6.07, 6.45) is 0. The summed E-state index contributed by atoms with van der Waals surface area (Å²) in [5.74, 6) is 1.34. The Kier molecular flexibility index (Phi) is 3.85. The van der Waals surface area contributed by atoms with Crippen LogP contribution in [0.3, 0.4) is 0 Å². The maximum Gasteiger partial charge on any atom is 0.119 e. The third-order valence-electron chi connectivity index (χ3n) is 1.74. The van der Waals surface area contributed by atoms with Gasteiger partial charge in [-0.2, -0.15) is 0 Å². The third-order valence-corrected chi connectivity index (χ3v) is 1.74. The molecule has 3 N–H and O–H groups in total. The molecule has 0 aliphatic heterocycles. The minimum Gasteiger partial charge on any atom is -0.492 e. The van der Waals surface area contributed by atoms with E-state index >= 15 is 0 Å². The Balaban J connectivity index is 2.25. The van der Waals surface area contributed by atoms with Crippen molar-refractivity contribution in [3.63, 3.8) is 0 Å². The third kappa shape index (κ3) is 3.85. The zero-order chi connectivity index (χ0) is 10.4. The summed E-state index contributed by atoms with van der Waals surface area (Å²) in [6, 6.07) is 7.94. The molecule has 0 aromatic heterocycles. The number of aryl methyl sites for hydroxylation is 1. The van der Waals surface area contributed by atoms with Crippen molar-refractivity contribution in [3.8, 4) is 5.75 Å². The molecule has 1 aromatic rings. The van der Waals surface area contributed by atoms with Gasteiger partial charge in [0, 0.05) is 0 Å². The molecule has 1 rings (SSSR count). The van der Waals surface area contributed by atoms with Gasteiger partial charge >= 0.3 is 0 Å². The second-order valence-corrected chi connectivity index (χ2v) is 3.11. The van der Waals surface area contributed by atoms with Crippen LogP contribution in [0.1, 0.15) is 5.56 Å². The van der Waals surface area contributed by atoms with Gasteiger partial charge in [-0.3, -0.25) is 0 Å². The second-order valence-electron chi connectivity index (χ2n) is 3.11. The molecular weight excluding hydrogens is 176 g/mol. The number of rotatable bonds is 5. The molecule has 0 atom stereocenters. The fourth-order valence-electron chi connectivity index (χ4n) is 1.01. The Morgan fingerprint density at radius 3 is 2.64 bits per heavy atom. The summed E-state index contributed by atoms with van der Waals surface area (Å²) in [7, 11) is 0. The topological polar surface area (TPSA) is 47.3 Å². The molecule has 0 radical (unpaired) electrons. The van der Waals surface area contributed by atoms with Crippen molar-refractivity contribution < 1.29 is 4.74 Å². The van der Waals surface area contributed by atoms with Crippen LogP contribution in [0, 0.1) is 6.92 Å². The zero-order valence-electron chi connectivity index (χ0n) is 8.42. The van der Waals surface area contributed by atoms with Crippen molar-refractivity contribution in [1.82, 2.24) is 5.32 Å². The molecule has 0 bridgehead atoms. The van der Waals surface area contributed by atoms with Crippen LogP contribution >= 0.6 is 0 Å². The first-order chi connectivity index (χ1) is 6.68. The van der Waals surface area contributed by atoms with Gasteiger partial charge in [0.15, 0.2) is 0 Å². The molecule has 3 heteroatoms. The number of hydrogen-bond donors (Lipinski definition) is 2. The van der Waals surface area contributed by atoms with Crippen LogP contribution in [0.5, 0.6) is 5.75 Å². The van der Waals surface area contributed by atoms with Gasteiger partial charge in [-0.15, -0.1) is 0 Å². The van der Waals surface area contributed by atoms with Gasteiger partial charge in [-0.1, -0.05) is 24.3 Å². The van der Waals surface area contributed by atoms with Crippen LogP contribution in [0.2, 0.25) is 0 Å². The summed E-state index contributed by atoms with van der Waals surface area (Å²) >= 11 is 0. The molecule has 0 spiro atoms. The molecule has 0 aliphatic rings. The van der Waals surface area contributed by atoms with Gasteiger partial charge in [0.1, 0.15) is 12.4 Å². The van der Waals surface area contributed by atoms with Crippen molar-refractivity contribution in [2.24, 2.45) is 5.73 Å². The molecule has 0 fully saturated rings. The van der Waals surface area contributed by atoms with Crippen molar-refractivity contribution >= 4 is 0 Å². The first-order valence-corrected chi connectivity index (χ1v) is 4.56. The van der Waals surface area contributed by atoms with Crippen LogP contribution in [0.15, 0.2) is 36.7 Å². The molecule has 1 aromatic carbocycles. The van der Waals surface area contributed by atoms with Gasteiger partial charge in [0.2, 0.25) is 0 Å². The Labute approximate surface area is 84.6 Å². The van der Waals surface area contributed by atoms with Crippen molar-refractivity contribution in [1.29, 1.82) is 0 Å². The van der Waals surface area contributed by atoms with Gasteiger partial charge in [-0.25, -0.2) is 0 Å². The number of ether oxygens (including phenoxy) is 1. The SMILES string of the molecule is C=C(N)NCCOc1ccc(C)cc1. The molecule has 14 heavy (non-hydrogen) atoms. The molecule has 76 valence electrons. The van der Waals surface area contributed by atoms with Gasteiger partial charge in [0.25, 0.3) is 0 Å². The smallest absolute Gasteiger partial charge is 0.119 e. The van der Waals surface area contributed by atoms with Gasteiger partial charge in [-0.05, 0) is 19.1 Å². The lowest BCUT2D eigenvalue weighted by Crippen LogP contribution is -2.24. The predicted molar refractivity (Wildman–Crippen MR) is 58.0 cm³/mol. The lowest BCUT2D eigenvalue weighted by molar-refractivity contribution is 0.319. The van der Waals surface area contributed by atoms with E-state index in [0.29, 0.717) is 19.0 Å². The lowest BCUT2D eigenvalue weighted by Gasteiger charge is -2.07. The van der Waals surface area contributed by atoms with E-state index in [2.05, 4.69) is 11.9 Å². The normalized spacial score (nSPS) is 9.50. The van der Waals surface area contributed by atoms with Crippen LogP contribution in [-0.2, 0) is 0 Å². The van der Waals surface area contributed by atoms with Crippen molar-refractivity contribution in [3.05, 3.63) is 42.2 Å². The van der Waals surface area contributed by atoms with Crippen molar-refractivity contribution in [2.75, 3.05) is 13.2 Å². The number of nitrogens with two attached hydrogens (primary N) is 1. The van der Waals surface area contributed by atoms with Gasteiger partial charge < -0.3 is 15.8 Å². The summed E-state index contributed by atoms with van der Waals surface area (Å²) in [4.78, 5) is 0. The number of benzene rings is 1. The molecule has 0 unspecified atom stereocenters. The first kappa shape index (κ1) is 10.4. The number of nitrogens with one attached hydrogen (secondary N) is 1. The van der Waals surface area contributed by atoms with Crippen LogP contribution in [0.4, 0.5) is 0 Å². The van der Waals surface area contributed by atoms with E-state index in [4.69, 9.17) is 10.5 Å². The van der Waals surface area contributed by atoms with Gasteiger partial charge in [0.05, 0.1) is 12.4 Å². The van der Waals surface area contributed by atoms with E-state index in [1.165, 1.54) is 5.56 Å². The summed E-state index contributed by atoms with van der Waals surface area (Å²) in [6.45, 7) is 6.82. The summed E-state index contributed by atoms with van der Waals surface area (Å²) in [5.41, 5.74) is 6.56. The highest BCUT2D eigenvalue weighted by Crippen LogP contribution is 2.10. The highest BCUT2D eigenvalue weighted by Gasteiger charge is 1.92. The molecule has 0 aliphatic carbocycles. The maximum absolute atomic E-state index is 5.45. The summed E-state index contributed by atoms with van der Waals surface area (Å²) < 4.78 is 5.45. The molecule has 0 heterocycles. The monoisotopic (exact) mass is 192 g/mol. The Morgan fingerprint density at radius 2 is 2.07 bits per heavy atom. The van der Waals surface area contributed by atoms with E-state index in [-0.39, 0.29) is 0 Å². The average Bonchev–Trinajstić information content (AvgIpc) is 2.15. The standard InChI is InChI=1S/C11H16N2O/c1-9-3-5-11(6-4-9)14-8-7-13-10(2)12/h3-6,13H,2,7-8,12H2,1H3. The molecular formula is C11H16N2O. The van der Waals surface area contributed by atoms with Crippen LogP contribution in [-0.4, -0.2) is 13.2 Å². The van der Waals surface area contributed by atoms with E-state index in [1.54, 1.807) is 0 Å². The largest absolute Gasteiger partial charge is 0.492 e. The minimum atomic E-state index is 0.470. The Morgan fingerprint density at radius 1 is 1.43 bits per heavy atom. The fraction of sp³-hybridized carbons (Fsp3) is 0.273. The molecule has 3 nitrogen and oxygen atoms in total. The summed E-state index contributed by atoms with van der Waals surface area (Å²) in [5, 5.41) is 2.89. The lowest BCUT2D eigenvalue weighted by atomic mass is 10.2. The zero-order valence-corrected chi connectivity index (χ0v) is 8.42. The van der Waals surface area contributed by atoms with Crippen molar-refractivity contribution in [2.45, 2.75) is 6.92 Å². The fourth-order valence-corrected chi connectivity index (χ4v) is 1.01. The molecule has 0 saturated heterocycles. The maximum atomic E-state index is 5.45. The predicted octanol–water partition coefficient (Wildman–Crippen LogP) is 1.39. The highest BCUT2D eigenvalue weighted by atomic mass is 16.5. The van der Waals surface area contributed by atoms with E-state index in [0.717, 1.165) is 5.75 Å². The Hall–Kier alpha value is -1.64. The van der Waals surface area contributed by atoms with Crippen LogP contribution < -0.4 is 15.8 Å². The minimum absolute atomic E-state index is 0.470. The van der Waals surface area contributed by atoms with E-state index in [1.807, 2.05) is 31.2 Å². The Bertz CT molecular complexity index is 293. The second kappa shape index (κ2) is 5.17. The van der Waals surface area contributed by atoms with E-state index in [9.17, 15) is 0 Å². The number of hydrogen-bond acceptors (Lipinski definition) is 3. The molecule has 0 saturated carbocycles. The van der Waals surface area contributed by atoms with Crippen LogP contribution in [0.25, 0.3) is 0 Å². The quantitative estimate of drug-likeness (QED) is 0.693. The highest BCUT2D eigenvalue weighted by molar-refractivity contribution is 5.26. The average molecular weight is 192 g/mol. The molecule has 0 amide bonds. The van der Waals surface area contributed by atoms with E-state index < -0.39 is 0 Å². The first-order valence-electron chi connectivity index (χ1n) is 4.56.